The number of halogens is 1. The molecule has 1 saturated carbocycles. The van der Waals surface area contributed by atoms with Crippen LogP contribution in [0.4, 0.5) is 0 Å². The zero-order valence-corrected chi connectivity index (χ0v) is 15.8. The van der Waals surface area contributed by atoms with E-state index in [1.165, 1.54) is 12.8 Å². The van der Waals surface area contributed by atoms with E-state index in [1.54, 1.807) is 14.2 Å². The van der Waals surface area contributed by atoms with Crippen molar-refractivity contribution in [2.24, 2.45) is 5.92 Å². The van der Waals surface area contributed by atoms with Gasteiger partial charge >= 0.3 is 0 Å². The molecule has 0 atom stereocenters. The van der Waals surface area contributed by atoms with Gasteiger partial charge in [-0.25, -0.2) is 0 Å². The molecule has 1 aromatic carbocycles. The molecule has 6 heteroatoms. The highest BCUT2D eigenvalue weighted by atomic mass is 35.5. The quantitative estimate of drug-likeness (QED) is 0.713. The Hall–Kier alpha value is -1.46. The maximum atomic E-state index is 11.9. The number of ether oxygens (including phenoxy) is 2. The van der Waals surface area contributed by atoms with E-state index < -0.39 is 0 Å². The molecule has 0 unspecified atom stereocenters. The standard InChI is InChI=1S/C18H28N2O3.ClH/c1-18(2,12-20-17(21)11-19-10-13-5-6-13)14-7-8-15(22-3)16(9-14)23-4;/h7-9,13,19H,5-6,10-12H2,1-4H3,(H,20,21);1H. The van der Waals surface area contributed by atoms with E-state index in [1.807, 2.05) is 18.2 Å². The van der Waals surface area contributed by atoms with Gasteiger partial charge in [0.15, 0.2) is 11.5 Å². The van der Waals surface area contributed by atoms with E-state index in [9.17, 15) is 4.79 Å². The van der Waals surface area contributed by atoms with Gasteiger partial charge in [-0.3, -0.25) is 4.79 Å². The summed E-state index contributed by atoms with van der Waals surface area (Å²) in [5.41, 5.74) is 0.910. The molecule has 2 rings (SSSR count). The van der Waals surface area contributed by atoms with E-state index in [4.69, 9.17) is 9.47 Å². The van der Waals surface area contributed by atoms with Crippen LogP contribution in [-0.2, 0) is 10.2 Å². The molecule has 0 saturated heterocycles. The van der Waals surface area contributed by atoms with Crippen LogP contribution in [0.2, 0.25) is 0 Å². The molecule has 1 aromatic rings. The fourth-order valence-corrected chi connectivity index (χ4v) is 2.45. The Morgan fingerprint density at radius 3 is 2.46 bits per heavy atom. The lowest BCUT2D eigenvalue weighted by molar-refractivity contribution is -0.120. The van der Waals surface area contributed by atoms with Crippen molar-refractivity contribution < 1.29 is 14.3 Å². The van der Waals surface area contributed by atoms with Gasteiger partial charge in [0.2, 0.25) is 5.91 Å². The highest BCUT2D eigenvalue weighted by Crippen LogP contribution is 2.32. The molecule has 0 radical (unpaired) electrons. The van der Waals surface area contributed by atoms with Crippen molar-refractivity contribution in [3.63, 3.8) is 0 Å². The highest BCUT2D eigenvalue weighted by molar-refractivity contribution is 5.85. The van der Waals surface area contributed by atoms with Crippen LogP contribution in [0.5, 0.6) is 11.5 Å². The van der Waals surface area contributed by atoms with Gasteiger partial charge in [-0.2, -0.15) is 0 Å². The third-order valence-corrected chi connectivity index (χ3v) is 4.31. The minimum Gasteiger partial charge on any atom is -0.493 e. The van der Waals surface area contributed by atoms with Crippen molar-refractivity contribution in [3.8, 4) is 11.5 Å². The van der Waals surface area contributed by atoms with Crippen molar-refractivity contribution in [1.29, 1.82) is 0 Å². The first-order chi connectivity index (χ1) is 11.0. The first-order valence-corrected chi connectivity index (χ1v) is 8.16. The number of carbonyl (C=O) groups is 1. The average molecular weight is 357 g/mol. The number of amides is 1. The lowest BCUT2D eigenvalue weighted by atomic mass is 9.84. The summed E-state index contributed by atoms with van der Waals surface area (Å²) < 4.78 is 10.6. The summed E-state index contributed by atoms with van der Waals surface area (Å²) in [5, 5.41) is 6.22. The fourth-order valence-electron chi connectivity index (χ4n) is 2.45. The van der Waals surface area contributed by atoms with E-state index in [0.717, 1.165) is 18.0 Å². The summed E-state index contributed by atoms with van der Waals surface area (Å²) in [6.07, 6.45) is 2.59. The van der Waals surface area contributed by atoms with Gasteiger partial charge in [0.25, 0.3) is 0 Å². The Balaban J connectivity index is 0.00000288. The Morgan fingerprint density at radius 1 is 1.21 bits per heavy atom. The van der Waals surface area contributed by atoms with E-state index in [-0.39, 0.29) is 23.7 Å². The molecule has 1 fully saturated rings. The Bertz CT molecular complexity index is 545. The number of benzene rings is 1. The van der Waals surface area contributed by atoms with Crippen molar-refractivity contribution in [3.05, 3.63) is 23.8 Å². The minimum atomic E-state index is -0.189. The minimum absolute atomic E-state index is 0. The molecule has 24 heavy (non-hydrogen) atoms. The summed E-state index contributed by atoms with van der Waals surface area (Å²) in [6, 6.07) is 5.88. The van der Waals surface area contributed by atoms with E-state index in [0.29, 0.717) is 24.6 Å². The summed E-state index contributed by atoms with van der Waals surface area (Å²) in [5.74, 6) is 2.24. The summed E-state index contributed by atoms with van der Waals surface area (Å²) in [6.45, 7) is 6.12. The van der Waals surface area contributed by atoms with Crippen LogP contribution in [0.15, 0.2) is 18.2 Å². The van der Waals surface area contributed by atoms with Crippen LogP contribution in [0.1, 0.15) is 32.3 Å². The molecule has 0 bridgehead atoms. The Morgan fingerprint density at radius 2 is 1.88 bits per heavy atom. The lowest BCUT2D eigenvalue weighted by Crippen LogP contribution is -2.41. The normalized spacial score (nSPS) is 13.8. The highest BCUT2D eigenvalue weighted by Gasteiger charge is 2.24. The monoisotopic (exact) mass is 356 g/mol. The summed E-state index contributed by atoms with van der Waals surface area (Å²) in [7, 11) is 3.25. The zero-order chi connectivity index (χ0) is 16.9. The van der Waals surface area contributed by atoms with E-state index >= 15 is 0 Å². The molecule has 2 N–H and O–H groups in total. The first-order valence-electron chi connectivity index (χ1n) is 8.16. The van der Waals surface area contributed by atoms with Crippen molar-refractivity contribution in [1.82, 2.24) is 10.6 Å². The molecule has 136 valence electrons. The van der Waals surface area contributed by atoms with Crippen LogP contribution in [0.3, 0.4) is 0 Å². The van der Waals surface area contributed by atoms with Crippen LogP contribution in [0, 0.1) is 5.92 Å². The molecule has 0 spiro atoms. The predicted octanol–water partition coefficient (Wildman–Crippen LogP) is 2.52. The van der Waals surface area contributed by atoms with Crippen LogP contribution < -0.4 is 20.1 Å². The smallest absolute Gasteiger partial charge is 0.233 e. The van der Waals surface area contributed by atoms with Crippen molar-refractivity contribution in [2.45, 2.75) is 32.1 Å². The third-order valence-electron chi connectivity index (χ3n) is 4.31. The SMILES string of the molecule is COc1ccc(C(C)(C)CNC(=O)CNCC2CC2)cc1OC.Cl. The number of rotatable bonds is 9. The van der Waals surface area contributed by atoms with Gasteiger partial charge in [0.05, 0.1) is 20.8 Å². The van der Waals surface area contributed by atoms with Crippen molar-refractivity contribution >= 4 is 18.3 Å². The Labute approximate surface area is 150 Å². The fraction of sp³-hybridized carbons (Fsp3) is 0.611. The second-order valence-corrected chi connectivity index (χ2v) is 6.80. The second kappa shape index (κ2) is 9.14. The lowest BCUT2D eigenvalue weighted by Gasteiger charge is -2.26. The molecule has 1 amide bonds. The van der Waals surface area contributed by atoms with Gasteiger partial charge in [-0.05, 0) is 43.0 Å². The number of nitrogens with one attached hydrogen (secondary N) is 2. The molecule has 0 aliphatic heterocycles. The number of hydrogen-bond acceptors (Lipinski definition) is 4. The van der Waals surface area contributed by atoms with Crippen LogP contribution in [-0.4, -0.2) is 39.8 Å². The average Bonchev–Trinajstić information content (AvgIpc) is 3.36. The maximum Gasteiger partial charge on any atom is 0.233 e. The predicted molar refractivity (Wildman–Crippen MR) is 98.4 cm³/mol. The molecular formula is C18H29ClN2O3. The zero-order valence-electron chi connectivity index (χ0n) is 15.0. The Kier molecular flexibility index (Phi) is 7.84. The largest absolute Gasteiger partial charge is 0.493 e. The molecular weight excluding hydrogens is 328 g/mol. The molecule has 1 aliphatic rings. The van der Waals surface area contributed by atoms with Gasteiger partial charge in [-0.15, -0.1) is 12.4 Å². The van der Waals surface area contributed by atoms with Crippen LogP contribution in [0.25, 0.3) is 0 Å². The van der Waals surface area contributed by atoms with Crippen LogP contribution >= 0.6 is 12.4 Å². The van der Waals surface area contributed by atoms with Gasteiger partial charge in [-0.1, -0.05) is 19.9 Å². The molecule has 1 aliphatic carbocycles. The van der Waals surface area contributed by atoms with Crippen molar-refractivity contribution in [2.75, 3.05) is 33.9 Å². The second-order valence-electron chi connectivity index (χ2n) is 6.80. The van der Waals surface area contributed by atoms with Gasteiger partial charge in [0.1, 0.15) is 0 Å². The first kappa shape index (κ1) is 20.6. The molecule has 0 aromatic heterocycles. The number of hydrogen-bond donors (Lipinski definition) is 2. The van der Waals surface area contributed by atoms with E-state index in [2.05, 4.69) is 24.5 Å². The maximum absolute atomic E-state index is 11.9. The molecule has 5 nitrogen and oxygen atoms in total. The van der Waals surface area contributed by atoms with Gasteiger partial charge in [0, 0.05) is 12.0 Å². The number of methoxy groups -OCH3 is 2. The molecule has 0 heterocycles. The van der Waals surface area contributed by atoms with Gasteiger partial charge < -0.3 is 20.1 Å². The topological polar surface area (TPSA) is 59.6 Å². The third kappa shape index (κ3) is 5.87. The number of carbonyl (C=O) groups excluding carboxylic acids is 1. The summed E-state index contributed by atoms with van der Waals surface area (Å²) in [4.78, 5) is 11.9. The summed E-state index contributed by atoms with van der Waals surface area (Å²) >= 11 is 0.